The lowest BCUT2D eigenvalue weighted by molar-refractivity contribution is -0.131. The Bertz CT molecular complexity index is 638. The Morgan fingerprint density at radius 2 is 2.09 bits per heavy atom. The zero-order valence-corrected chi connectivity index (χ0v) is 13.0. The predicted octanol–water partition coefficient (Wildman–Crippen LogP) is 3.14. The summed E-state index contributed by atoms with van der Waals surface area (Å²) in [7, 11) is 0. The first-order valence-corrected chi connectivity index (χ1v) is 8.30. The third-order valence-electron chi connectivity index (χ3n) is 3.61. The van der Waals surface area contributed by atoms with E-state index in [9.17, 15) is 4.79 Å². The molecule has 2 heterocycles. The van der Waals surface area contributed by atoms with E-state index in [1.165, 1.54) is 5.56 Å². The highest BCUT2D eigenvalue weighted by molar-refractivity contribution is 7.07. The van der Waals surface area contributed by atoms with E-state index in [-0.39, 0.29) is 5.91 Å². The molecule has 1 amide bonds. The lowest BCUT2D eigenvalue weighted by Crippen LogP contribution is -2.34. The van der Waals surface area contributed by atoms with Crippen LogP contribution in [0.4, 0.5) is 0 Å². The van der Waals surface area contributed by atoms with Gasteiger partial charge in [0.15, 0.2) is 0 Å². The molecule has 0 saturated heterocycles. The summed E-state index contributed by atoms with van der Waals surface area (Å²) < 4.78 is 0. The van der Waals surface area contributed by atoms with Gasteiger partial charge in [-0.05, 0) is 40.8 Å². The standard InChI is InChI=1S/C17H18N2O2S/c20-17(18-11-14-8-9-22-12-14)16-10-15(19-21-16)7-6-13-4-2-1-3-5-13/h1-5,8-9,12,16H,6-7,10-11H2,(H,18,20). The van der Waals surface area contributed by atoms with E-state index < -0.39 is 6.10 Å². The fourth-order valence-corrected chi connectivity index (χ4v) is 3.01. The van der Waals surface area contributed by atoms with Crippen LogP contribution in [0, 0.1) is 0 Å². The molecule has 2 aromatic rings. The van der Waals surface area contributed by atoms with Gasteiger partial charge >= 0.3 is 0 Å². The van der Waals surface area contributed by atoms with Gasteiger partial charge in [0.1, 0.15) is 0 Å². The lowest BCUT2D eigenvalue weighted by Gasteiger charge is -2.08. The summed E-state index contributed by atoms with van der Waals surface area (Å²) in [6, 6.07) is 12.3. The Morgan fingerprint density at radius 1 is 1.23 bits per heavy atom. The minimum Gasteiger partial charge on any atom is -0.382 e. The van der Waals surface area contributed by atoms with Crippen LogP contribution in [0.1, 0.15) is 24.0 Å². The van der Waals surface area contributed by atoms with Crippen LogP contribution >= 0.6 is 11.3 Å². The second-order valence-electron chi connectivity index (χ2n) is 5.29. The van der Waals surface area contributed by atoms with Crippen molar-refractivity contribution in [3.8, 4) is 0 Å². The number of nitrogens with zero attached hydrogens (tertiary/aromatic N) is 1. The second-order valence-corrected chi connectivity index (χ2v) is 6.07. The number of hydrogen-bond donors (Lipinski definition) is 1. The molecule has 1 aliphatic rings. The minimum atomic E-state index is -0.482. The Kier molecular flexibility index (Phi) is 4.85. The van der Waals surface area contributed by atoms with Crippen LogP contribution < -0.4 is 5.32 Å². The Morgan fingerprint density at radius 3 is 2.86 bits per heavy atom. The molecule has 4 nitrogen and oxygen atoms in total. The molecule has 1 N–H and O–H groups in total. The predicted molar refractivity (Wildman–Crippen MR) is 87.9 cm³/mol. The Hall–Kier alpha value is -2.14. The molecule has 1 aliphatic heterocycles. The Labute approximate surface area is 133 Å². The van der Waals surface area contributed by atoms with Gasteiger partial charge in [-0.15, -0.1) is 0 Å². The summed E-state index contributed by atoms with van der Waals surface area (Å²) in [4.78, 5) is 17.3. The quantitative estimate of drug-likeness (QED) is 0.890. The number of thiophene rings is 1. The number of benzene rings is 1. The highest BCUT2D eigenvalue weighted by Gasteiger charge is 2.27. The van der Waals surface area contributed by atoms with Gasteiger partial charge < -0.3 is 10.2 Å². The first kappa shape index (κ1) is 14.8. The summed E-state index contributed by atoms with van der Waals surface area (Å²) in [6.07, 6.45) is 1.86. The van der Waals surface area contributed by atoms with E-state index in [1.54, 1.807) is 11.3 Å². The average molecular weight is 314 g/mol. The molecule has 114 valence electrons. The normalized spacial score (nSPS) is 16.9. The topological polar surface area (TPSA) is 50.7 Å². The number of carbonyl (C=O) groups excluding carboxylic acids is 1. The van der Waals surface area contributed by atoms with Crippen LogP contribution in [0.2, 0.25) is 0 Å². The van der Waals surface area contributed by atoms with Crippen LogP contribution in [-0.4, -0.2) is 17.7 Å². The molecule has 0 fully saturated rings. The van der Waals surface area contributed by atoms with Crippen molar-refractivity contribution in [2.45, 2.75) is 31.9 Å². The number of amides is 1. The fourth-order valence-electron chi connectivity index (χ4n) is 2.34. The van der Waals surface area contributed by atoms with Crippen molar-refractivity contribution in [1.29, 1.82) is 0 Å². The first-order chi connectivity index (χ1) is 10.8. The summed E-state index contributed by atoms with van der Waals surface area (Å²) in [5, 5.41) is 11.0. The molecule has 1 atom stereocenters. The van der Waals surface area contributed by atoms with Gasteiger partial charge in [0.05, 0.1) is 5.71 Å². The zero-order chi connectivity index (χ0) is 15.2. The molecule has 0 aliphatic carbocycles. The van der Waals surface area contributed by atoms with E-state index >= 15 is 0 Å². The zero-order valence-electron chi connectivity index (χ0n) is 12.2. The molecule has 22 heavy (non-hydrogen) atoms. The highest BCUT2D eigenvalue weighted by Crippen LogP contribution is 2.15. The summed E-state index contributed by atoms with van der Waals surface area (Å²) in [5.74, 6) is -0.0929. The average Bonchev–Trinajstić information content (AvgIpc) is 3.23. The number of aryl methyl sites for hydroxylation is 1. The number of carbonyl (C=O) groups is 1. The number of nitrogens with one attached hydrogen (secondary N) is 1. The highest BCUT2D eigenvalue weighted by atomic mass is 32.1. The summed E-state index contributed by atoms with van der Waals surface area (Å²) in [5.41, 5.74) is 3.34. The van der Waals surface area contributed by atoms with Crippen molar-refractivity contribution >= 4 is 23.0 Å². The number of rotatable bonds is 6. The summed E-state index contributed by atoms with van der Waals surface area (Å²) in [6.45, 7) is 0.543. The van der Waals surface area contributed by atoms with Crippen molar-refractivity contribution in [2.24, 2.45) is 5.16 Å². The third-order valence-corrected chi connectivity index (χ3v) is 4.35. The molecule has 0 radical (unpaired) electrons. The van der Waals surface area contributed by atoms with Crippen LogP contribution in [0.15, 0.2) is 52.3 Å². The van der Waals surface area contributed by atoms with E-state index in [2.05, 4.69) is 22.6 Å². The molecular weight excluding hydrogens is 296 g/mol. The van der Waals surface area contributed by atoms with E-state index in [0.717, 1.165) is 24.1 Å². The van der Waals surface area contributed by atoms with Gasteiger partial charge in [-0.1, -0.05) is 35.5 Å². The molecule has 0 spiro atoms. The fraction of sp³-hybridized carbons (Fsp3) is 0.294. The molecule has 0 bridgehead atoms. The maximum absolute atomic E-state index is 12.1. The van der Waals surface area contributed by atoms with E-state index in [4.69, 9.17) is 4.84 Å². The first-order valence-electron chi connectivity index (χ1n) is 7.35. The summed E-state index contributed by atoms with van der Waals surface area (Å²) >= 11 is 1.62. The van der Waals surface area contributed by atoms with Gasteiger partial charge in [0.2, 0.25) is 6.10 Å². The van der Waals surface area contributed by atoms with Gasteiger partial charge in [-0.25, -0.2) is 0 Å². The van der Waals surface area contributed by atoms with Crippen LogP contribution in [-0.2, 0) is 22.6 Å². The minimum absolute atomic E-state index is 0.0929. The monoisotopic (exact) mass is 314 g/mol. The molecule has 1 aromatic heterocycles. The van der Waals surface area contributed by atoms with Gasteiger partial charge in [0, 0.05) is 13.0 Å². The lowest BCUT2D eigenvalue weighted by atomic mass is 10.0. The van der Waals surface area contributed by atoms with Crippen molar-refractivity contribution in [1.82, 2.24) is 5.32 Å². The van der Waals surface area contributed by atoms with Crippen molar-refractivity contribution in [3.63, 3.8) is 0 Å². The SMILES string of the molecule is O=C(NCc1ccsc1)C1CC(CCc2ccccc2)=NO1. The van der Waals surface area contributed by atoms with Gasteiger partial charge in [-0.3, -0.25) is 4.79 Å². The molecule has 3 rings (SSSR count). The maximum atomic E-state index is 12.1. The van der Waals surface area contributed by atoms with Crippen molar-refractivity contribution < 1.29 is 9.63 Å². The smallest absolute Gasteiger partial charge is 0.264 e. The van der Waals surface area contributed by atoms with Gasteiger partial charge in [-0.2, -0.15) is 11.3 Å². The number of hydrogen-bond acceptors (Lipinski definition) is 4. The van der Waals surface area contributed by atoms with Crippen molar-refractivity contribution in [3.05, 3.63) is 58.3 Å². The largest absolute Gasteiger partial charge is 0.382 e. The van der Waals surface area contributed by atoms with Crippen LogP contribution in [0.3, 0.4) is 0 Å². The van der Waals surface area contributed by atoms with Crippen LogP contribution in [0.5, 0.6) is 0 Å². The molecule has 0 saturated carbocycles. The number of oxime groups is 1. The van der Waals surface area contributed by atoms with Crippen LogP contribution in [0.25, 0.3) is 0 Å². The third kappa shape index (κ3) is 3.95. The van der Waals surface area contributed by atoms with Gasteiger partial charge in [0.25, 0.3) is 5.91 Å². The maximum Gasteiger partial charge on any atom is 0.264 e. The molecule has 1 aromatic carbocycles. The van der Waals surface area contributed by atoms with Crippen molar-refractivity contribution in [2.75, 3.05) is 0 Å². The molecular formula is C17H18N2O2S. The van der Waals surface area contributed by atoms with E-state index in [1.807, 2.05) is 35.0 Å². The molecule has 5 heteroatoms. The molecule has 1 unspecified atom stereocenters. The Balaban J connectivity index is 1.42. The second kappa shape index (κ2) is 7.22. The van der Waals surface area contributed by atoms with E-state index in [0.29, 0.717) is 13.0 Å².